The van der Waals surface area contributed by atoms with Gasteiger partial charge in [0.1, 0.15) is 11.5 Å². The Morgan fingerprint density at radius 3 is 2.57 bits per heavy atom. The SMILES string of the molecule is Cn1nc(-c2cc(Br)sc2Br)c(-c2ccccc2Cl)c1N. The second kappa shape index (κ2) is 5.76. The van der Waals surface area contributed by atoms with Gasteiger partial charge >= 0.3 is 0 Å². The van der Waals surface area contributed by atoms with Crippen LogP contribution in [-0.2, 0) is 7.05 Å². The molecule has 108 valence electrons. The van der Waals surface area contributed by atoms with Crippen molar-refractivity contribution < 1.29 is 0 Å². The van der Waals surface area contributed by atoms with Crippen LogP contribution in [-0.4, -0.2) is 9.78 Å². The molecule has 0 saturated carbocycles. The molecule has 0 fully saturated rings. The van der Waals surface area contributed by atoms with Crippen LogP contribution in [0.4, 0.5) is 5.82 Å². The summed E-state index contributed by atoms with van der Waals surface area (Å²) in [7, 11) is 1.83. The lowest BCUT2D eigenvalue weighted by Gasteiger charge is -2.06. The number of thiophene rings is 1. The molecule has 0 unspecified atom stereocenters. The zero-order valence-corrected chi connectivity index (χ0v) is 15.6. The van der Waals surface area contributed by atoms with E-state index in [0.29, 0.717) is 10.8 Å². The summed E-state index contributed by atoms with van der Waals surface area (Å²) in [5.41, 5.74) is 9.77. The van der Waals surface area contributed by atoms with Crippen LogP contribution in [0.3, 0.4) is 0 Å². The van der Waals surface area contributed by atoms with Gasteiger partial charge in [-0.15, -0.1) is 11.3 Å². The lowest BCUT2D eigenvalue weighted by Crippen LogP contribution is -1.98. The van der Waals surface area contributed by atoms with Crippen LogP contribution in [0.5, 0.6) is 0 Å². The van der Waals surface area contributed by atoms with Crippen LogP contribution in [0.25, 0.3) is 22.4 Å². The highest BCUT2D eigenvalue weighted by atomic mass is 79.9. The quantitative estimate of drug-likeness (QED) is 0.558. The van der Waals surface area contributed by atoms with Gasteiger partial charge in [-0.25, -0.2) is 0 Å². The van der Waals surface area contributed by atoms with E-state index < -0.39 is 0 Å². The maximum atomic E-state index is 6.33. The fourth-order valence-electron chi connectivity index (χ4n) is 2.16. The summed E-state index contributed by atoms with van der Waals surface area (Å²) in [6.45, 7) is 0. The lowest BCUT2D eigenvalue weighted by molar-refractivity contribution is 0.782. The Morgan fingerprint density at radius 1 is 1.24 bits per heavy atom. The molecule has 0 aliphatic heterocycles. The fourth-order valence-corrected chi connectivity index (χ4v) is 5.19. The Morgan fingerprint density at radius 2 is 1.95 bits per heavy atom. The highest BCUT2D eigenvalue weighted by Crippen LogP contribution is 2.44. The van der Waals surface area contributed by atoms with E-state index in [4.69, 9.17) is 17.3 Å². The van der Waals surface area contributed by atoms with E-state index in [0.717, 1.165) is 30.0 Å². The van der Waals surface area contributed by atoms with Gasteiger partial charge < -0.3 is 5.73 Å². The molecule has 0 saturated heterocycles. The first-order valence-electron chi connectivity index (χ1n) is 6.01. The van der Waals surface area contributed by atoms with Gasteiger partial charge in [0, 0.05) is 23.2 Å². The summed E-state index contributed by atoms with van der Waals surface area (Å²) in [6.07, 6.45) is 0. The summed E-state index contributed by atoms with van der Waals surface area (Å²) in [5.74, 6) is 0.590. The van der Waals surface area contributed by atoms with E-state index in [1.807, 2.05) is 37.4 Å². The molecule has 3 aromatic rings. The second-order valence-corrected chi connectivity index (χ2v) is 8.61. The summed E-state index contributed by atoms with van der Waals surface area (Å²) < 4.78 is 3.70. The number of anilines is 1. The highest BCUT2D eigenvalue weighted by molar-refractivity contribution is 9.12. The minimum Gasteiger partial charge on any atom is -0.383 e. The first-order chi connectivity index (χ1) is 9.99. The number of aromatic nitrogens is 2. The molecule has 0 aliphatic carbocycles. The Hall–Kier alpha value is -0.820. The highest BCUT2D eigenvalue weighted by Gasteiger charge is 2.22. The molecule has 21 heavy (non-hydrogen) atoms. The van der Waals surface area contributed by atoms with Gasteiger partial charge in [0.2, 0.25) is 0 Å². The average Bonchev–Trinajstić information content (AvgIpc) is 2.91. The minimum absolute atomic E-state index is 0.590. The monoisotopic (exact) mass is 445 g/mol. The van der Waals surface area contributed by atoms with Crippen molar-refractivity contribution in [2.75, 3.05) is 5.73 Å². The molecule has 0 atom stereocenters. The van der Waals surface area contributed by atoms with Gasteiger partial charge in [-0.05, 0) is 44.0 Å². The third-order valence-electron chi connectivity index (χ3n) is 3.15. The number of hydrogen-bond acceptors (Lipinski definition) is 3. The topological polar surface area (TPSA) is 43.8 Å². The molecular weight excluding hydrogens is 438 g/mol. The average molecular weight is 448 g/mol. The van der Waals surface area contributed by atoms with Crippen LogP contribution in [0.15, 0.2) is 37.9 Å². The van der Waals surface area contributed by atoms with E-state index in [2.05, 4.69) is 37.0 Å². The van der Waals surface area contributed by atoms with Gasteiger partial charge in [-0.2, -0.15) is 5.10 Å². The molecule has 2 N–H and O–H groups in total. The molecule has 0 spiro atoms. The van der Waals surface area contributed by atoms with Crippen LogP contribution in [0.1, 0.15) is 0 Å². The Bertz CT molecular complexity index is 826. The second-order valence-electron chi connectivity index (χ2n) is 4.45. The smallest absolute Gasteiger partial charge is 0.129 e. The Kier molecular flexibility index (Phi) is 4.14. The third-order valence-corrected chi connectivity index (χ3v) is 5.82. The molecule has 0 radical (unpaired) electrons. The molecule has 0 aliphatic rings. The minimum atomic E-state index is 0.590. The number of nitrogens with two attached hydrogens (primary N) is 1. The normalized spacial score (nSPS) is 11.0. The van der Waals surface area contributed by atoms with Crippen molar-refractivity contribution in [3.05, 3.63) is 42.9 Å². The summed E-state index contributed by atoms with van der Waals surface area (Å²) in [5, 5.41) is 5.22. The number of nitrogen functional groups attached to an aromatic ring is 1. The lowest BCUT2D eigenvalue weighted by atomic mass is 10.0. The van der Waals surface area contributed by atoms with Crippen molar-refractivity contribution in [3.63, 3.8) is 0 Å². The van der Waals surface area contributed by atoms with Crippen LogP contribution >= 0.6 is 54.8 Å². The van der Waals surface area contributed by atoms with Gasteiger partial charge in [-0.3, -0.25) is 4.68 Å². The van der Waals surface area contributed by atoms with Crippen molar-refractivity contribution in [1.29, 1.82) is 0 Å². The van der Waals surface area contributed by atoms with E-state index >= 15 is 0 Å². The van der Waals surface area contributed by atoms with Crippen molar-refractivity contribution in [1.82, 2.24) is 9.78 Å². The van der Waals surface area contributed by atoms with Crippen molar-refractivity contribution in [3.8, 4) is 22.4 Å². The molecule has 2 heterocycles. The molecule has 7 heteroatoms. The first kappa shape index (κ1) is 15.1. The van der Waals surface area contributed by atoms with E-state index in [1.165, 1.54) is 0 Å². The Balaban J connectivity index is 2.31. The summed E-state index contributed by atoms with van der Waals surface area (Å²) in [4.78, 5) is 0. The number of rotatable bonds is 2. The van der Waals surface area contributed by atoms with Crippen molar-refractivity contribution in [2.24, 2.45) is 7.05 Å². The van der Waals surface area contributed by atoms with E-state index in [-0.39, 0.29) is 0 Å². The number of benzene rings is 1. The maximum absolute atomic E-state index is 6.33. The van der Waals surface area contributed by atoms with Gasteiger partial charge in [0.15, 0.2) is 0 Å². The number of nitrogens with zero attached hydrogens (tertiary/aromatic N) is 2. The van der Waals surface area contributed by atoms with E-state index in [9.17, 15) is 0 Å². The number of aryl methyl sites for hydroxylation is 1. The molecule has 1 aromatic carbocycles. The maximum Gasteiger partial charge on any atom is 0.129 e. The molecule has 3 nitrogen and oxygen atoms in total. The van der Waals surface area contributed by atoms with Crippen LogP contribution in [0.2, 0.25) is 5.02 Å². The zero-order valence-electron chi connectivity index (χ0n) is 10.9. The molecule has 2 aromatic heterocycles. The summed E-state index contributed by atoms with van der Waals surface area (Å²) in [6, 6.07) is 9.67. The first-order valence-corrected chi connectivity index (χ1v) is 8.79. The predicted molar refractivity (Wildman–Crippen MR) is 96.8 cm³/mol. The number of hydrogen-bond donors (Lipinski definition) is 1. The van der Waals surface area contributed by atoms with E-state index in [1.54, 1.807) is 16.0 Å². The molecule has 0 bridgehead atoms. The zero-order chi connectivity index (χ0) is 15.1. The van der Waals surface area contributed by atoms with Crippen molar-refractivity contribution >= 4 is 60.6 Å². The molecular formula is C14H10Br2ClN3S. The van der Waals surface area contributed by atoms with Gasteiger partial charge in [-0.1, -0.05) is 29.8 Å². The van der Waals surface area contributed by atoms with Crippen molar-refractivity contribution in [2.45, 2.75) is 0 Å². The third kappa shape index (κ3) is 2.65. The summed E-state index contributed by atoms with van der Waals surface area (Å²) >= 11 is 15.0. The predicted octanol–water partition coefficient (Wildman–Crippen LogP) is 5.58. The number of halogens is 3. The molecule has 3 rings (SSSR count). The fraction of sp³-hybridized carbons (Fsp3) is 0.0714. The van der Waals surface area contributed by atoms with Gasteiger partial charge in [0.05, 0.1) is 13.1 Å². The van der Waals surface area contributed by atoms with Crippen LogP contribution < -0.4 is 5.73 Å². The largest absolute Gasteiger partial charge is 0.383 e. The van der Waals surface area contributed by atoms with Gasteiger partial charge in [0.25, 0.3) is 0 Å². The standard InChI is InChI=1S/C14H10Br2ClN3S/c1-20-14(18)11(7-4-2-3-5-9(7)17)12(19-20)8-6-10(15)21-13(8)16/h2-6H,18H2,1H3. The molecule has 0 amide bonds. The Labute approximate surface area is 148 Å². The van der Waals surface area contributed by atoms with Crippen LogP contribution in [0, 0.1) is 0 Å².